The average Bonchev–Trinajstić information content (AvgIpc) is 2.28. The maximum Gasteiger partial charge on any atom is 0.132 e. The molecule has 1 aliphatic heterocycles. The molecule has 1 heterocycles. The van der Waals surface area contributed by atoms with Crippen molar-refractivity contribution in [2.24, 2.45) is 0 Å². The predicted octanol–water partition coefficient (Wildman–Crippen LogP) is 0.827. The zero-order valence-electron chi connectivity index (χ0n) is 10.3. The minimum absolute atomic E-state index is 0.0642. The lowest BCUT2D eigenvalue weighted by Gasteiger charge is -2.36. The number of nitrogens with zero attached hydrogens (tertiary/aromatic N) is 1. The van der Waals surface area contributed by atoms with Gasteiger partial charge in [-0.1, -0.05) is 6.92 Å². The van der Waals surface area contributed by atoms with Crippen LogP contribution in [0, 0.1) is 0 Å². The van der Waals surface area contributed by atoms with E-state index in [2.05, 4.69) is 4.90 Å². The molecule has 1 N–H and O–H groups in total. The Bertz CT molecular complexity index is 220. The molecule has 0 aromatic rings. The van der Waals surface area contributed by atoms with E-state index >= 15 is 0 Å². The number of rotatable bonds is 6. The van der Waals surface area contributed by atoms with Gasteiger partial charge in [0.15, 0.2) is 0 Å². The third-order valence-electron chi connectivity index (χ3n) is 2.93. The molecule has 2 unspecified atom stereocenters. The number of aliphatic hydroxyl groups is 1. The van der Waals surface area contributed by atoms with Gasteiger partial charge in [-0.15, -0.1) is 0 Å². The van der Waals surface area contributed by atoms with Crippen LogP contribution in [0.4, 0.5) is 0 Å². The molecule has 1 fully saturated rings. The van der Waals surface area contributed by atoms with E-state index in [-0.39, 0.29) is 18.8 Å². The van der Waals surface area contributed by atoms with Crippen molar-refractivity contribution in [2.45, 2.75) is 45.3 Å². The second-order valence-electron chi connectivity index (χ2n) is 4.51. The summed E-state index contributed by atoms with van der Waals surface area (Å²) in [5, 5.41) is 9.07. The number of carbonyl (C=O) groups is 1. The fourth-order valence-corrected chi connectivity index (χ4v) is 2.10. The van der Waals surface area contributed by atoms with E-state index in [0.717, 1.165) is 26.1 Å². The van der Waals surface area contributed by atoms with E-state index in [1.807, 2.05) is 13.8 Å². The molecule has 2 atom stereocenters. The Morgan fingerprint density at radius 1 is 1.50 bits per heavy atom. The van der Waals surface area contributed by atoms with Crippen molar-refractivity contribution in [1.29, 1.82) is 0 Å². The number of hydrogen-bond acceptors (Lipinski definition) is 4. The van der Waals surface area contributed by atoms with Crippen LogP contribution in [-0.4, -0.2) is 54.2 Å². The van der Waals surface area contributed by atoms with E-state index in [1.165, 1.54) is 0 Å². The zero-order valence-corrected chi connectivity index (χ0v) is 10.3. The minimum atomic E-state index is -0.0642. The summed E-state index contributed by atoms with van der Waals surface area (Å²) in [6.45, 7) is 6.61. The second-order valence-corrected chi connectivity index (χ2v) is 4.51. The Balaban J connectivity index is 2.23. The summed E-state index contributed by atoms with van der Waals surface area (Å²) >= 11 is 0. The molecule has 1 aliphatic rings. The van der Waals surface area contributed by atoms with E-state index in [4.69, 9.17) is 9.84 Å². The molecule has 1 saturated heterocycles. The van der Waals surface area contributed by atoms with Gasteiger partial charge in [0.1, 0.15) is 5.78 Å². The lowest BCUT2D eigenvalue weighted by molar-refractivity contribution is -0.119. The number of Topliss-reactive ketones (excluding diaryl/α,β-unsaturated/α-hetero) is 1. The average molecular weight is 229 g/mol. The largest absolute Gasteiger partial charge is 0.394 e. The number of ketones is 1. The van der Waals surface area contributed by atoms with Gasteiger partial charge in [0.25, 0.3) is 0 Å². The molecule has 0 saturated carbocycles. The van der Waals surface area contributed by atoms with E-state index < -0.39 is 0 Å². The maximum atomic E-state index is 11.2. The molecule has 94 valence electrons. The zero-order chi connectivity index (χ0) is 12.0. The molecule has 0 aromatic carbocycles. The summed E-state index contributed by atoms with van der Waals surface area (Å²) in [6, 6.07) is 0. The highest BCUT2D eigenvalue weighted by Gasteiger charge is 2.24. The summed E-state index contributed by atoms with van der Waals surface area (Å²) in [4.78, 5) is 13.4. The number of aliphatic hydroxyl groups excluding tert-OH is 1. The molecule has 16 heavy (non-hydrogen) atoms. The first-order valence-corrected chi connectivity index (χ1v) is 6.16. The predicted molar refractivity (Wildman–Crippen MR) is 62.4 cm³/mol. The van der Waals surface area contributed by atoms with Crippen LogP contribution in [0.15, 0.2) is 0 Å². The molecule has 4 heteroatoms. The highest BCUT2D eigenvalue weighted by atomic mass is 16.5. The van der Waals surface area contributed by atoms with Crippen LogP contribution in [0.1, 0.15) is 33.1 Å². The molecular weight excluding hydrogens is 206 g/mol. The topological polar surface area (TPSA) is 49.8 Å². The number of carbonyl (C=O) groups excluding carboxylic acids is 1. The molecule has 0 aromatic heterocycles. The molecule has 0 aliphatic carbocycles. The minimum Gasteiger partial charge on any atom is -0.394 e. The van der Waals surface area contributed by atoms with Gasteiger partial charge in [-0.25, -0.2) is 0 Å². The van der Waals surface area contributed by atoms with Gasteiger partial charge >= 0.3 is 0 Å². The lowest BCUT2D eigenvalue weighted by atomic mass is 10.1. The summed E-state index contributed by atoms with van der Waals surface area (Å²) < 4.78 is 5.56. The van der Waals surface area contributed by atoms with Crippen LogP contribution in [0.3, 0.4) is 0 Å². The van der Waals surface area contributed by atoms with Crippen molar-refractivity contribution in [3.63, 3.8) is 0 Å². The van der Waals surface area contributed by atoms with Crippen molar-refractivity contribution in [3.8, 4) is 0 Å². The Kier molecular flexibility index (Phi) is 5.95. The van der Waals surface area contributed by atoms with Gasteiger partial charge in [0.2, 0.25) is 0 Å². The Morgan fingerprint density at radius 3 is 2.88 bits per heavy atom. The number of ether oxygens (including phenoxy) is 1. The third kappa shape index (κ3) is 4.60. The maximum absolute atomic E-state index is 11.2. The standard InChI is InChI=1S/C12H23NO3/c1-3-11(15)5-4-6-13-7-10(2)16-12(8-13)9-14/h10,12,14H,3-9H2,1-2H3. The van der Waals surface area contributed by atoms with Gasteiger partial charge in [0, 0.05) is 25.9 Å². The smallest absolute Gasteiger partial charge is 0.132 e. The summed E-state index contributed by atoms with van der Waals surface area (Å²) in [7, 11) is 0. The SMILES string of the molecule is CCC(=O)CCCN1CC(C)OC(CO)C1. The van der Waals surface area contributed by atoms with E-state index in [1.54, 1.807) is 0 Å². The molecule has 0 spiro atoms. The molecule has 0 amide bonds. The molecular formula is C12H23NO3. The fourth-order valence-electron chi connectivity index (χ4n) is 2.10. The van der Waals surface area contributed by atoms with E-state index in [9.17, 15) is 4.79 Å². The molecule has 1 rings (SSSR count). The van der Waals surface area contributed by atoms with Crippen LogP contribution >= 0.6 is 0 Å². The van der Waals surface area contributed by atoms with Gasteiger partial charge < -0.3 is 9.84 Å². The van der Waals surface area contributed by atoms with Crippen molar-refractivity contribution in [1.82, 2.24) is 4.90 Å². The van der Waals surface area contributed by atoms with Crippen LogP contribution in [-0.2, 0) is 9.53 Å². The fraction of sp³-hybridized carbons (Fsp3) is 0.917. The first kappa shape index (κ1) is 13.6. The Labute approximate surface area is 97.6 Å². The molecule has 4 nitrogen and oxygen atoms in total. The molecule has 0 radical (unpaired) electrons. The Hall–Kier alpha value is -0.450. The summed E-state index contributed by atoms with van der Waals surface area (Å²) in [5.41, 5.74) is 0. The summed E-state index contributed by atoms with van der Waals surface area (Å²) in [5.74, 6) is 0.333. The first-order chi connectivity index (χ1) is 7.65. The van der Waals surface area contributed by atoms with E-state index in [0.29, 0.717) is 18.6 Å². The van der Waals surface area contributed by atoms with Crippen molar-refractivity contribution >= 4 is 5.78 Å². The molecule has 0 bridgehead atoms. The third-order valence-corrected chi connectivity index (χ3v) is 2.93. The highest BCUT2D eigenvalue weighted by Crippen LogP contribution is 2.11. The highest BCUT2D eigenvalue weighted by molar-refractivity contribution is 5.77. The van der Waals surface area contributed by atoms with Gasteiger partial charge in [-0.3, -0.25) is 9.69 Å². The summed E-state index contributed by atoms with van der Waals surface area (Å²) in [6.07, 6.45) is 2.33. The van der Waals surface area contributed by atoms with Crippen molar-refractivity contribution < 1.29 is 14.6 Å². The second kappa shape index (κ2) is 6.99. The van der Waals surface area contributed by atoms with Crippen LogP contribution in [0.25, 0.3) is 0 Å². The van der Waals surface area contributed by atoms with Crippen molar-refractivity contribution in [3.05, 3.63) is 0 Å². The lowest BCUT2D eigenvalue weighted by Crippen LogP contribution is -2.48. The van der Waals surface area contributed by atoms with Gasteiger partial charge in [0.05, 0.1) is 18.8 Å². The number of morpholine rings is 1. The quantitative estimate of drug-likeness (QED) is 0.733. The van der Waals surface area contributed by atoms with Crippen molar-refractivity contribution in [2.75, 3.05) is 26.2 Å². The first-order valence-electron chi connectivity index (χ1n) is 6.16. The monoisotopic (exact) mass is 229 g/mol. The van der Waals surface area contributed by atoms with Gasteiger partial charge in [-0.2, -0.15) is 0 Å². The Morgan fingerprint density at radius 2 is 2.25 bits per heavy atom. The number of hydrogen-bond donors (Lipinski definition) is 1. The van der Waals surface area contributed by atoms with Crippen LogP contribution in [0.2, 0.25) is 0 Å². The normalized spacial score (nSPS) is 26.9. The van der Waals surface area contributed by atoms with Crippen LogP contribution in [0.5, 0.6) is 0 Å². The van der Waals surface area contributed by atoms with Gasteiger partial charge in [-0.05, 0) is 19.9 Å². The van der Waals surface area contributed by atoms with Crippen LogP contribution < -0.4 is 0 Å².